The van der Waals surface area contributed by atoms with E-state index in [4.69, 9.17) is 23.2 Å². The minimum Gasteiger partial charge on any atom is -0.127 e. The van der Waals surface area contributed by atoms with Gasteiger partial charge in [0.2, 0.25) is 0 Å². The van der Waals surface area contributed by atoms with E-state index in [1.165, 1.54) is 0 Å². The van der Waals surface area contributed by atoms with Gasteiger partial charge in [0.25, 0.3) is 0 Å². The predicted octanol–water partition coefficient (Wildman–Crippen LogP) is 3.43. The maximum atomic E-state index is 5.92. The summed E-state index contributed by atoms with van der Waals surface area (Å²) in [5, 5.41) is 0.213. The molecule has 60 valence electrons. The Kier molecular flexibility index (Phi) is 6.25. The first-order chi connectivity index (χ1) is 4.70. The van der Waals surface area contributed by atoms with E-state index in [0.29, 0.717) is 11.8 Å². The molecule has 0 nitrogen and oxygen atoms in total. The van der Waals surface area contributed by atoms with Crippen molar-refractivity contribution in [2.45, 2.75) is 25.1 Å². The highest BCUT2D eigenvalue weighted by atomic mass is 35.5. The minimum absolute atomic E-state index is 0.213. The van der Waals surface area contributed by atoms with Crippen LogP contribution in [0, 0.1) is 5.92 Å². The number of rotatable bonds is 5. The van der Waals surface area contributed by atoms with Crippen LogP contribution in [-0.2, 0) is 0 Å². The molecule has 0 bridgehead atoms. The zero-order valence-corrected chi connectivity index (χ0v) is 7.83. The van der Waals surface area contributed by atoms with Crippen molar-refractivity contribution in [1.29, 1.82) is 0 Å². The van der Waals surface area contributed by atoms with Gasteiger partial charge >= 0.3 is 0 Å². The predicted molar refractivity (Wildman–Crippen MR) is 49.0 cm³/mol. The van der Waals surface area contributed by atoms with Crippen LogP contribution in [0.2, 0.25) is 0 Å². The maximum absolute atomic E-state index is 5.92. The highest BCUT2D eigenvalue weighted by Crippen LogP contribution is 2.15. The molecule has 0 spiro atoms. The number of hydrogen-bond acceptors (Lipinski definition) is 0. The first-order valence-electron chi connectivity index (χ1n) is 3.53. The SMILES string of the molecule is C=CC(C)CC(Cl)CCCl. The monoisotopic (exact) mass is 180 g/mol. The van der Waals surface area contributed by atoms with Crippen molar-refractivity contribution in [1.82, 2.24) is 0 Å². The lowest BCUT2D eigenvalue weighted by atomic mass is 10.0. The van der Waals surface area contributed by atoms with Crippen molar-refractivity contribution in [3.05, 3.63) is 12.7 Å². The molecule has 2 atom stereocenters. The molecule has 0 aromatic rings. The fraction of sp³-hybridized carbons (Fsp3) is 0.750. The lowest BCUT2D eigenvalue weighted by molar-refractivity contribution is 0.608. The third-order valence-electron chi connectivity index (χ3n) is 1.45. The van der Waals surface area contributed by atoms with Crippen LogP contribution in [0.15, 0.2) is 12.7 Å². The molecular formula is C8H14Cl2. The van der Waals surface area contributed by atoms with Crippen molar-refractivity contribution < 1.29 is 0 Å². The average molecular weight is 181 g/mol. The Morgan fingerprint density at radius 1 is 1.60 bits per heavy atom. The van der Waals surface area contributed by atoms with Crippen LogP contribution in [0.4, 0.5) is 0 Å². The van der Waals surface area contributed by atoms with Gasteiger partial charge in [0.1, 0.15) is 0 Å². The number of alkyl halides is 2. The summed E-state index contributed by atoms with van der Waals surface area (Å²) in [4.78, 5) is 0. The van der Waals surface area contributed by atoms with Crippen molar-refractivity contribution in [3.63, 3.8) is 0 Å². The minimum atomic E-state index is 0.213. The molecule has 0 rings (SSSR count). The molecule has 0 aliphatic rings. The molecule has 2 heteroatoms. The third-order valence-corrected chi connectivity index (χ3v) is 2.07. The topological polar surface area (TPSA) is 0 Å². The summed E-state index contributed by atoms with van der Waals surface area (Å²) in [6, 6.07) is 0. The van der Waals surface area contributed by atoms with E-state index in [2.05, 4.69) is 13.5 Å². The third kappa shape index (κ3) is 5.13. The van der Waals surface area contributed by atoms with E-state index in [1.54, 1.807) is 0 Å². The van der Waals surface area contributed by atoms with Gasteiger partial charge in [0, 0.05) is 11.3 Å². The van der Waals surface area contributed by atoms with Crippen LogP contribution in [0.1, 0.15) is 19.8 Å². The van der Waals surface area contributed by atoms with Crippen LogP contribution in [0.25, 0.3) is 0 Å². The van der Waals surface area contributed by atoms with E-state index in [1.807, 2.05) is 6.08 Å². The molecule has 0 saturated carbocycles. The summed E-state index contributed by atoms with van der Waals surface area (Å²) in [6.07, 6.45) is 3.79. The van der Waals surface area contributed by atoms with E-state index in [9.17, 15) is 0 Å². The standard InChI is InChI=1S/C8H14Cl2/c1-3-7(2)6-8(10)4-5-9/h3,7-8H,1,4-6H2,2H3. The average Bonchev–Trinajstić information content (AvgIpc) is 1.88. The highest BCUT2D eigenvalue weighted by Gasteiger charge is 2.06. The van der Waals surface area contributed by atoms with Gasteiger partial charge < -0.3 is 0 Å². The molecule has 0 aliphatic heterocycles. The van der Waals surface area contributed by atoms with E-state index in [0.717, 1.165) is 12.8 Å². The second-order valence-corrected chi connectivity index (χ2v) is 3.52. The Bertz CT molecular complexity index is 91.3. The smallest absolute Gasteiger partial charge is 0.0352 e. The summed E-state index contributed by atoms with van der Waals surface area (Å²) < 4.78 is 0. The molecule has 0 N–H and O–H groups in total. The Labute approximate surface area is 73.2 Å². The molecule has 0 aromatic heterocycles. The van der Waals surface area contributed by atoms with E-state index in [-0.39, 0.29) is 5.38 Å². The lowest BCUT2D eigenvalue weighted by Gasteiger charge is -2.09. The largest absolute Gasteiger partial charge is 0.127 e. The molecule has 0 aromatic carbocycles. The van der Waals surface area contributed by atoms with Crippen LogP contribution < -0.4 is 0 Å². The fourth-order valence-corrected chi connectivity index (χ4v) is 1.50. The molecule has 0 amide bonds. The van der Waals surface area contributed by atoms with Gasteiger partial charge in [0.15, 0.2) is 0 Å². The highest BCUT2D eigenvalue weighted by molar-refractivity contribution is 6.22. The van der Waals surface area contributed by atoms with Gasteiger partial charge in [-0.05, 0) is 18.8 Å². The quantitative estimate of drug-likeness (QED) is 0.450. The summed E-state index contributed by atoms with van der Waals surface area (Å²) in [6.45, 7) is 5.79. The zero-order chi connectivity index (χ0) is 7.98. The Morgan fingerprint density at radius 2 is 2.20 bits per heavy atom. The van der Waals surface area contributed by atoms with Crippen LogP contribution >= 0.6 is 23.2 Å². The number of halogens is 2. The maximum Gasteiger partial charge on any atom is 0.0352 e. The molecule has 10 heavy (non-hydrogen) atoms. The first-order valence-corrected chi connectivity index (χ1v) is 4.50. The van der Waals surface area contributed by atoms with Crippen LogP contribution in [0.5, 0.6) is 0 Å². The molecule has 0 heterocycles. The van der Waals surface area contributed by atoms with E-state index >= 15 is 0 Å². The number of hydrogen-bond donors (Lipinski definition) is 0. The Balaban J connectivity index is 3.36. The molecule has 0 radical (unpaired) electrons. The molecule has 0 saturated heterocycles. The second-order valence-electron chi connectivity index (χ2n) is 2.52. The normalized spacial score (nSPS) is 16.3. The van der Waals surface area contributed by atoms with Crippen molar-refractivity contribution in [2.24, 2.45) is 5.92 Å². The van der Waals surface area contributed by atoms with Crippen molar-refractivity contribution in [2.75, 3.05) is 5.88 Å². The van der Waals surface area contributed by atoms with Gasteiger partial charge in [-0.25, -0.2) is 0 Å². The Morgan fingerprint density at radius 3 is 2.60 bits per heavy atom. The second kappa shape index (κ2) is 6.06. The van der Waals surface area contributed by atoms with Crippen molar-refractivity contribution >= 4 is 23.2 Å². The van der Waals surface area contributed by atoms with Gasteiger partial charge in [-0.15, -0.1) is 29.8 Å². The molecule has 0 fully saturated rings. The number of allylic oxidation sites excluding steroid dienone is 1. The van der Waals surface area contributed by atoms with Gasteiger partial charge in [-0.1, -0.05) is 13.0 Å². The summed E-state index contributed by atoms with van der Waals surface area (Å²) in [5.41, 5.74) is 0. The van der Waals surface area contributed by atoms with Gasteiger partial charge in [0.05, 0.1) is 0 Å². The van der Waals surface area contributed by atoms with Crippen molar-refractivity contribution in [3.8, 4) is 0 Å². The molecule has 0 aliphatic carbocycles. The zero-order valence-electron chi connectivity index (χ0n) is 6.32. The van der Waals surface area contributed by atoms with Gasteiger partial charge in [-0.2, -0.15) is 0 Å². The molecular weight excluding hydrogens is 167 g/mol. The van der Waals surface area contributed by atoms with Crippen LogP contribution in [0.3, 0.4) is 0 Å². The summed E-state index contributed by atoms with van der Waals surface area (Å²) in [7, 11) is 0. The van der Waals surface area contributed by atoms with Crippen LogP contribution in [-0.4, -0.2) is 11.3 Å². The lowest BCUT2D eigenvalue weighted by Crippen LogP contribution is -2.04. The Hall–Kier alpha value is 0.320. The summed E-state index contributed by atoms with van der Waals surface area (Å²) in [5.74, 6) is 1.16. The first kappa shape index (κ1) is 10.3. The summed E-state index contributed by atoms with van der Waals surface area (Å²) >= 11 is 11.4. The molecule has 2 unspecified atom stereocenters. The van der Waals surface area contributed by atoms with E-state index < -0.39 is 0 Å². The van der Waals surface area contributed by atoms with Gasteiger partial charge in [-0.3, -0.25) is 0 Å². The fourth-order valence-electron chi connectivity index (χ4n) is 0.736.